The molecule has 1 aliphatic carbocycles. The maximum atomic E-state index is 13.7. The lowest BCUT2D eigenvalue weighted by Crippen LogP contribution is -2.54. The van der Waals surface area contributed by atoms with Gasteiger partial charge in [-0.1, -0.05) is 11.6 Å². The number of hydrogen-bond donors (Lipinski definition) is 2. The molecule has 15 heteroatoms. The van der Waals surface area contributed by atoms with Gasteiger partial charge in [-0.3, -0.25) is 4.79 Å². The summed E-state index contributed by atoms with van der Waals surface area (Å²) in [6.45, 7) is -1.59. The van der Waals surface area contributed by atoms with Gasteiger partial charge in [-0.05, 0) is 25.0 Å². The number of rotatable bonds is 6. The van der Waals surface area contributed by atoms with Crippen molar-refractivity contribution in [3.8, 4) is 17.4 Å². The van der Waals surface area contributed by atoms with E-state index in [0.29, 0.717) is 0 Å². The van der Waals surface area contributed by atoms with E-state index in [0.717, 1.165) is 16.8 Å². The van der Waals surface area contributed by atoms with E-state index in [1.165, 1.54) is 18.3 Å². The van der Waals surface area contributed by atoms with Gasteiger partial charge in [0.05, 0.1) is 17.3 Å². The molecule has 1 fully saturated rings. The average molecular weight is 522 g/mol. The van der Waals surface area contributed by atoms with Gasteiger partial charge in [0.1, 0.15) is 11.9 Å². The van der Waals surface area contributed by atoms with Gasteiger partial charge >= 0.3 is 6.18 Å². The van der Waals surface area contributed by atoms with E-state index in [1.54, 1.807) is 0 Å². The molecule has 35 heavy (non-hydrogen) atoms. The van der Waals surface area contributed by atoms with Crippen molar-refractivity contribution in [2.24, 2.45) is 0 Å². The summed E-state index contributed by atoms with van der Waals surface area (Å²) in [4.78, 5) is 20.3. The van der Waals surface area contributed by atoms with Crippen molar-refractivity contribution in [1.29, 1.82) is 0 Å². The molecule has 2 N–H and O–H groups in total. The minimum absolute atomic E-state index is 0.0257. The fourth-order valence-electron chi connectivity index (χ4n) is 3.42. The third kappa shape index (κ3) is 5.88. The highest BCUT2D eigenvalue weighted by Crippen LogP contribution is 2.34. The first-order valence-electron chi connectivity index (χ1n) is 10.2. The average Bonchev–Trinajstić information content (AvgIpc) is 3.20. The van der Waals surface area contributed by atoms with Crippen LogP contribution >= 0.6 is 11.6 Å². The number of carbonyl (C=O) groups is 1. The van der Waals surface area contributed by atoms with Crippen molar-refractivity contribution >= 4 is 23.2 Å². The van der Waals surface area contributed by atoms with Crippen molar-refractivity contribution in [2.75, 3.05) is 6.61 Å². The Morgan fingerprint density at radius 2 is 2.11 bits per heavy atom. The Morgan fingerprint density at radius 3 is 2.86 bits per heavy atom. The Kier molecular flexibility index (Phi) is 6.68. The second-order valence-electron chi connectivity index (χ2n) is 7.74. The molecule has 3 aromatic rings. The first-order chi connectivity index (χ1) is 16.4. The lowest BCUT2D eigenvalue weighted by molar-refractivity contribution is -0.153. The molecular weight excluding hydrogens is 505 g/mol. The molecule has 1 amide bonds. The zero-order chi connectivity index (χ0) is 25.4. The zero-order valence-corrected chi connectivity index (χ0v) is 18.4. The summed E-state index contributed by atoms with van der Waals surface area (Å²) in [6, 6.07) is 2.73. The molecule has 0 bridgehead atoms. The molecular formula is C20H17ClF5N5O4. The monoisotopic (exact) mass is 521 g/mol. The predicted molar refractivity (Wildman–Crippen MR) is 110 cm³/mol. The van der Waals surface area contributed by atoms with E-state index in [4.69, 9.17) is 21.1 Å². The number of halogens is 6. The fraction of sp³-hybridized carbons (Fsp3) is 0.400. The first kappa shape index (κ1) is 24.9. The van der Waals surface area contributed by atoms with Crippen molar-refractivity contribution in [1.82, 2.24) is 24.9 Å². The number of pyridine rings is 2. The minimum atomic E-state index is -4.60. The van der Waals surface area contributed by atoms with Gasteiger partial charge in [0.25, 0.3) is 17.7 Å². The highest BCUT2D eigenvalue weighted by molar-refractivity contribution is 6.30. The number of hydrogen-bond acceptors (Lipinski definition) is 7. The van der Waals surface area contributed by atoms with Gasteiger partial charge in [0.2, 0.25) is 5.82 Å². The van der Waals surface area contributed by atoms with Crippen LogP contribution in [0.1, 0.15) is 29.9 Å². The van der Waals surface area contributed by atoms with Crippen molar-refractivity contribution < 1.29 is 41.3 Å². The van der Waals surface area contributed by atoms with Crippen LogP contribution in [-0.4, -0.2) is 61.4 Å². The summed E-state index contributed by atoms with van der Waals surface area (Å²) in [5.41, 5.74) is 0.189. The topological polar surface area (TPSA) is 111 Å². The molecule has 9 nitrogen and oxygen atoms in total. The number of nitrogens with zero attached hydrogens (tertiary/aromatic N) is 4. The molecule has 1 aliphatic rings. The largest absolute Gasteiger partial charge is 0.478 e. The van der Waals surface area contributed by atoms with Crippen LogP contribution in [0, 0.1) is 0 Å². The van der Waals surface area contributed by atoms with E-state index >= 15 is 0 Å². The van der Waals surface area contributed by atoms with Crippen molar-refractivity contribution in [3.05, 3.63) is 41.4 Å². The van der Waals surface area contributed by atoms with Gasteiger partial charge < -0.3 is 19.9 Å². The quantitative estimate of drug-likeness (QED) is 0.475. The summed E-state index contributed by atoms with van der Waals surface area (Å²) in [5.74, 6) is -5.11. The zero-order valence-electron chi connectivity index (χ0n) is 17.6. The Bertz CT molecular complexity index is 1240. The van der Waals surface area contributed by atoms with E-state index < -0.39 is 43.2 Å². The molecule has 0 aromatic carbocycles. The molecule has 3 aromatic heterocycles. The number of amides is 1. The lowest BCUT2D eigenvalue weighted by atomic mass is 9.89. The molecule has 0 saturated heterocycles. The number of nitrogens with one attached hydrogen (secondary N) is 1. The second-order valence-corrected chi connectivity index (χ2v) is 8.18. The Hall–Kier alpha value is -3.26. The van der Waals surface area contributed by atoms with E-state index in [2.05, 4.69) is 20.4 Å². The molecule has 3 heterocycles. The van der Waals surface area contributed by atoms with E-state index in [1.807, 2.05) is 0 Å². The highest BCUT2D eigenvalue weighted by atomic mass is 35.5. The van der Waals surface area contributed by atoms with Crippen LogP contribution in [-0.2, 0) is 0 Å². The van der Waals surface area contributed by atoms with Gasteiger partial charge in [-0.15, -0.1) is 5.10 Å². The molecule has 0 radical (unpaired) electrons. The molecule has 188 valence electrons. The molecule has 0 aliphatic heterocycles. The summed E-state index contributed by atoms with van der Waals surface area (Å²) in [6.07, 6.45) is -4.38. The van der Waals surface area contributed by atoms with Crippen LogP contribution in [0.15, 0.2) is 30.6 Å². The number of fused-ring (bicyclic) bond motifs is 1. The Balaban J connectivity index is 1.50. The normalized spacial score (nSPS) is 20.0. The lowest BCUT2D eigenvalue weighted by Gasteiger charge is -2.34. The van der Waals surface area contributed by atoms with Gasteiger partial charge in [0.15, 0.2) is 18.0 Å². The van der Waals surface area contributed by atoms with Crippen LogP contribution in [0.25, 0.3) is 5.65 Å². The van der Waals surface area contributed by atoms with Crippen molar-refractivity contribution in [3.63, 3.8) is 0 Å². The molecule has 4 rings (SSSR count). The van der Waals surface area contributed by atoms with Gasteiger partial charge in [-0.2, -0.15) is 13.2 Å². The number of carbonyl (C=O) groups excluding carboxylic acids is 1. The summed E-state index contributed by atoms with van der Waals surface area (Å²) < 4.78 is 76.4. The van der Waals surface area contributed by atoms with Crippen LogP contribution in [0.2, 0.25) is 5.02 Å². The smallest absolute Gasteiger partial charge is 0.422 e. The van der Waals surface area contributed by atoms with Crippen molar-refractivity contribution in [2.45, 2.75) is 43.5 Å². The Labute approximate surface area is 198 Å². The van der Waals surface area contributed by atoms with Gasteiger partial charge in [-0.25, -0.2) is 23.3 Å². The molecule has 0 unspecified atom stereocenters. The number of aliphatic hydroxyl groups is 1. The number of ether oxygens (including phenoxy) is 2. The Morgan fingerprint density at radius 1 is 1.34 bits per heavy atom. The summed E-state index contributed by atoms with van der Waals surface area (Å²) in [5, 5.41) is 16.1. The summed E-state index contributed by atoms with van der Waals surface area (Å²) >= 11 is 5.78. The van der Waals surface area contributed by atoms with Crippen LogP contribution < -0.4 is 14.8 Å². The number of aromatic nitrogens is 4. The van der Waals surface area contributed by atoms with Crippen LogP contribution in [0.3, 0.4) is 0 Å². The maximum absolute atomic E-state index is 13.7. The van der Waals surface area contributed by atoms with Crippen LogP contribution in [0.5, 0.6) is 17.4 Å². The first-order valence-corrected chi connectivity index (χ1v) is 10.6. The SMILES string of the molecule is O=C(N[C@H]1CCCC(F)(F)[C@@H]1O)c1nc2ccc(Oc3ncc(Cl)cc3OCC(F)(F)F)cn2n1. The molecule has 2 atom stereocenters. The fourth-order valence-corrected chi connectivity index (χ4v) is 3.57. The molecule has 0 spiro atoms. The third-order valence-electron chi connectivity index (χ3n) is 5.05. The maximum Gasteiger partial charge on any atom is 0.422 e. The van der Waals surface area contributed by atoms with Crippen LogP contribution in [0.4, 0.5) is 22.0 Å². The standard InChI is InChI=1S/C20H17ClF5N5O4/c21-10-6-13(34-9-20(24,25)26)18(27-7-10)35-11-3-4-14-29-16(30-31(14)8-11)17(33)28-12-2-1-5-19(22,23)15(12)32/h3-4,6-8,12,15,32H,1-2,5,9H2,(H,28,33)/t12-,15+/m0/s1. The second kappa shape index (κ2) is 9.41. The third-order valence-corrected chi connectivity index (χ3v) is 5.26. The van der Waals surface area contributed by atoms with E-state index in [9.17, 15) is 31.9 Å². The highest BCUT2D eigenvalue weighted by Gasteiger charge is 2.46. The minimum Gasteiger partial charge on any atom is -0.478 e. The number of aliphatic hydroxyl groups excluding tert-OH is 1. The number of alkyl halides is 5. The summed E-state index contributed by atoms with van der Waals surface area (Å²) in [7, 11) is 0. The predicted octanol–water partition coefficient (Wildman–Crippen LogP) is 3.79. The molecule has 1 saturated carbocycles. The van der Waals surface area contributed by atoms with E-state index in [-0.39, 0.29) is 46.7 Å². The van der Waals surface area contributed by atoms with Gasteiger partial charge in [0, 0.05) is 18.7 Å².